The summed E-state index contributed by atoms with van der Waals surface area (Å²) in [5, 5.41) is 6.60. The molecule has 3 heterocycles. The molecular formula is C30H34BBrN4O2. The molecule has 196 valence electrons. The van der Waals surface area contributed by atoms with E-state index in [-0.39, 0.29) is 18.3 Å². The molecule has 2 aromatic heterocycles. The van der Waals surface area contributed by atoms with Crippen LogP contribution in [0.4, 0.5) is 11.6 Å². The summed E-state index contributed by atoms with van der Waals surface area (Å²) in [6, 6.07) is 28.3. The van der Waals surface area contributed by atoms with Crippen molar-refractivity contribution >= 4 is 40.1 Å². The summed E-state index contributed by atoms with van der Waals surface area (Å²) in [5.41, 5.74) is 2.78. The number of hydrogen-bond donors (Lipinski definition) is 2. The van der Waals surface area contributed by atoms with Gasteiger partial charge in [-0.2, -0.15) is 0 Å². The van der Waals surface area contributed by atoms with E-state index in [9.17, 15) is 0 Å². The van der Waals surface area contributed by atoms with Crippen LogP contribution in [0.25, 0.3) is 0 Å². The molecule has 1 saturated heterocycles. The molecular weight excluding hydrogens is 539 g/mol. The van der Waals surface area contributed by atoms with Crippen molar-refractivity contribution in [2.75, 3.05) is 10.6 Å². The van der Waals surface area contributed by atoms with E-state index in [1.807, 2.05) is 60.7 Å². The predicted molar refractivity (Wildman–Crippen MR) is 159 cm³/mol. The Morgan fingerprint density at radius 3 is 1.66 bits per heavy atom. The van der Waals surface area contributed by atoms with Crippen LogP contribution in [0.5, 0.6) is 0 Å². The Labute approximate surface area is 234 Å². The van der Waals surface area contributed by atoms with Gasteiger partial charge in [0.25, 0.3) is 0 Å². The molecule has 1 fully saturated rings. The van der Waals surface area contributed by atoms with E-state index in [0.29, 0.717) is 0 Å². The number of rotatable bonds is 7. The number of anilines is 2. The molecule has 0 spiro atoms. The Balaban J connectivity index is 0.000000194. The molecule has 0 saturated carbocycles. The second-order valence-corrected chi connectivity index (χ2v) is 11.0. The zero-order valence-electron chi connectivity index (χ0n) is 22.3. The largest absolute Gasteiger partial charge is 0.495 e. The van der Waals surface area contributed by atoms with Gasteiger partial charge in [-0.3, -0.25) is 0 Å². The van der Waals surface area contributed by atoms with Gasteiger partial charge in [-0.15, -0.1) is 0 Å². The Morgan fingerprint density at radius 2 is 1.16 bits per heavy atom. The predicted octanol–water partition coefficient (Wildman–Crippen LogP) is 6.45. The number of nitrogens with one attached hydrogen (secondary N) is 2. The van der Waals surface area contributed by atoms with Crippen molar-refractivity contribution < 1.29 is 9.31 Å². The first kappa shape index (κ1) is 27.8. The van der Waals surface area contributed by atoms with E-state index >= 15 is 0 Å². The first-order chi connectivity index (χ1) is 18.2. The van der Waals surface area contributed by atoms with Gasteiger partial charge in [-0.25, -0.2) is 9.97 Å². The molecule has 0 bridgehead atoms. The number of aromatic nitrogens is 2. The molecule has 0 atom stereocenters. The van der Waals surface area contributed by atoms with Crippen LogP contribution >= 0.6 is 15.9 Å². The van der Waals surface area contributed by atoms with Crippen LogP contribution in [0.15, 0.2) is 102 Å². The quantitative estimate of drug-likeness (QED) is 0.248. The van der Waals surface area contributed by atoms with E-state index in [4.69, 9.17) is 9.31 Å². The number of pyridine rings is 2. The summed E-state index contributed by atoms with van der Waals surface area (Å²) in [7, 11) is -0.361. The number of halogens is 1. The van der Waals surface area contributed by atoms with E-state index in [0.717, 1.165) is 34.7 Å². The minimum atomic E-state index is -0.361. The van der Waals surface area contributed by atoms with Crippen LogP contribution in [0.1, 0.15) is 38.8 Å². The molecule has 0 amide bonds. The van der Waals surface area contributed by atoms with Gasteiger partial charge in [-0.05, 0) is 68.6 Å². The lowest BCUT2D eigenvalue weighted by atomic mass is 9.80. The fraction of sp³-hybridized carbons (Fsp3) is 0.267. The molecule has 38 heavy (non-hydrogen) atoms. The summed E-state index contributed by atoms with van der Waals surface area (Å²) in [6.07, 6.45) is 3.56. The van der Waals surface area contributed by atoms with E-state index in [1.54, 1.807) is 12.4 Å². The summed E-state index contributed by atoms with van der Waals surface area (Å²) in [4.78, 5) is 8.59. The van der Waals surface area contributed by atoms with Crippen molar-refractivity contribution in [1.29, 1.82) is 0 Å². The minimum absolute atomic E-state index is 0.335. The van der Waals surface area contributed by atoms with Gasteiger partial charge < -0.3 is 19.9 Å². The van der Waals surface area contributed by atoms with Crippen molar-refractivity contribution in [3.63, 3.8) is 0 Å². The van der Waals surface area contributed by atoms with Gasteiger partial charge >= 0.3 is 7.12 Å². The van der Waals surface area contributed by atoms with Crippen LogP contribution in [-0.4, -0.2) is 28.3 Å². The first-order valence-corrected chi connectivity index (χ1v) is 13.5. The smallest absolute Gasteiger partial charge is 0.399 e. The summed E-state index contributed by atoms with van der Waals surface area (Å²) in [5.74, 6) is 1.70. The Bertz CT molecular complexity index is 1290. The van der Waals surface area contributed by atoms with Gasteiger partial charge in [0.1, 0.15) is 11.6 Å². The monoisotopic (exact) mass is 572 g/mol. The maximum Gasteiger partial charge on any atom is 0.495 e. The normalized spacial score (nSPS) is 15.3. The zero-order valence-corrected chi connectivity index (χ0v) is 23.9. The van der Waals surface area contributed by atoms with Crippen molar-refractivity contribution in [2.24, 2.45) is 0 Å². The molecule has 2 N–H and O–H groups in total. The molecule has 0 unspecified atom stereocenters. The highest BCUT2D eigenvalue weighted by Crippen LogP contribution is 2.36. The first-order valence-electron chi connectivity index (χ1n) is 12.7. The summed E-state index contributed by atoms with van der Waals surface area (Å²) < 4.78 is 13.2. The van der Waals surface area contributed by atoms with Crippen molar-refractivity contribution in [3.8, 4) is 0 Å². The van der Waals surface area contributed by atoms with Crippen LogP contribution in [0.3, 0.4) is 0 Å². The Kier molecular flexibility index (Phi) is 9.20. The van der Waals surface area contributed by atoms with Gasteiger partial charge in [0.05, 0.1) is 11.2 Å². The third-order valence-electron chi connectivity index (χ3n) is 6.66. The standard InChI is InChI=1S/C18H23BN2O2.C12H11BrN2/c1-17(2)18(3,4)23-19(22-17)15-10-11-20-16(12-15)21-13-14-8-6-5-7-9-14;13-11-6-7-14-12(8-11)15-9-10-4-2-1-3-5-10/h5-12H,13H2,1-4H3,(H,20,21);1-8H,9H2,(H,14,15). The van der Waals surface area contributed by atoms with Crippen molar-refractivity contribution in [2.45, 2.75) is 52.0 Å². The minimum Gasteiger partial charge on any atom is -0.399 e. The van der Waals surface area contributed by atoms with Crippen LogP contribution in [0, 0.1) is 0 Å². The lowest BCUT2D eigenvalue weighted by Gasteiger charge is -2.32. The maximum absolute atomic E-state index is 6.09. The topological polar surface area (TPSA) is 68.3 Å². The van der Waals surface area contributed by atoms with Gasteiger partial charge in [-0.1, -0.05) is 76.6 Å². The molecule has 1 aliphatic heterocycles. The molecule has 4 aromatic rings. The van der Waals surface area contributed by atoms with Crippen LogP contribution in [-0.2, 0) is 22.4 Å². The molecule has 0 radical (unpaired) electrons. The second kappa shape index (κ2) is 12.6. The van der Waals surface area contributed by atoms with Crippen molar-refractivity contribution in [1.82, 2.24) is 9.97 Å². The fourth-order valence-corrected chi connectivity index (χ4v) is 4.08. The molecule has 0 aliphatic carbocycles. The van der Waals surface area contributed by atoms with E-state index in [2.05, 4.69) is 88.5 Å². The third kappa shape index (κ3) is 7.66. The molecule has 2 aromatic carbocycles. The number of hydrogen-bond acceptors (Lipinski definition) is 6. The Morgan fingerprint density at radius 1 is 0.684 bits per heavy atom. The van der Waals surface area contributed by atoms with Gasteiger partial charge in [0, 0.05) is 30.0 Å². The van der Waals surface area contributed by atoms with Crippen LogP contribution in [0.2, 0.25) is 0 Å². The van der Waals surface area contributed by atoms with Crippen molar-refractivity contribution in [3.05, 3.63) is 113 Å². The maximum atomic E-state index is 6.09. The molecule has 8 heteroatoms. The molecule has 1 aliphatic rings. The highest BCUT2D eigenvalue weighted by Gasteiger charge is 2.51. The highest BCUT2D eigenvalue weighted by atomic mass is 79.9. The summed E-state index contributed by atoms with van der Waals surface area (Å²) in [6.45, 7) is 9.77. The average Bonchev–Trinajstić information content (AvgIpc) is 3.14. The molecule has 5 rings (SSSR count). The number of nitrogens with zero attached hydrogens (tertiary/aromatic N) is 2. The van der Waals surface area contributed by atoms with Crippen LogP contribution < -0.4 is 16.1 Å². The average molecular weight is 573 g/mol. The third-order valence-corrected chi connectivity index (χ3v) is 7.16. The van der Waals surface area contributed by atoms with Gasteiger partial charge in [0.2, 0.25) is 0 Å². The SMILES string of the molecule is Brc1ccnc(NCc2ccccc2)c1.CC1(C)OB(c2ccnc(NCc3ccccc3)c2)OC1(C)C. The fourth-order valence-electron chi connectivity index (χ4n) is 3.75. The highest BCUT2D eigenvalue weighted by molar-refractivity contribution is 9.10. The zero-order chi connectivity index (χ0) is 27.0. The van der Waals surface area contributed by atoms with E-state index in [1.165, 1.54) is 11.1 Å². The summed E-state index contributed by atoms with van der Waals surface area (Å²) >= 11 is 3.41. The lowest BCUT2D eigenvalue weighted by molar-refractivity contribution is 0.00578. The second-order valence-electron chi connectivity index (χ2n) is 10.1. The lowest BCUT2D eigenvalue weighted by Crippen LogP contribution is -2.41. The Hall–Kier alpha value is -3.20. The van der Waals surface area contributed by atoms with E-state index < -0.39 is 0 Å². The molecule has 6 nitrogen and oxygen atoms in total. The van der Waals surface area contributed by atoms with Gasteiger partial charge in [0.15, 0.2) is 0 Å². The number of benzene rings is 2.